The molecule has 1 aromatic heterocycles. The molecular weight excluding hydrogens is 274 g/mol. The maximum atomic E-state index is 12.1. The monoisotopic (exact) mass is 291 g/mol. The SMILES string of the molecule is CCCc1nnsc1C(=O)NCc1cccc(CO)c1. The smallest absolute Gasteiger partial charge is 0.265 e. The second kappa shape index (κ2) is 7.12. The summed E-state index contributed by atoms with van der Waals surface area (Å²) >= 11 is 1.13. The molecular formula is C14H17N3O2S. The van der Waals surface area contributed by atoms with E-state index in [1.54, 1.807) is 0 Å². The summed E-state index contributed by atoms with van der Waals surface area (Å²) in [6.45, 7) is 2.47. The molecule has 0 saturated carbocycles. The van der Waals surface area contributed by atoms with E-state index in [1.807, 2.05) is 31.2 Å². The number of aryl methyl sites for hydroxylation is 1. The van der Waals surface area contributed by atoms with E-state index < -0.39 is 0 Å². The standard InChI is InChI=1S/C14H17N3O2S/c1-2-4-12-13(20-17-16-12)14(19)15-8-10-5-3-6-11(7-10)9-18/h3,5-7,18H,2,4,8-9H2,1H3,(H,15,19). The Kier molecular flexibility index (Phi) is 5.20. The van der Waals surface area contributed by atoms with Crippen molar-refractivity contribution in [1.82, 2.24) is 14.9 Å². The van der Waals surface area contributed by atoms with E-state index >= 15 is 0 Å². The van der Waals surface area contributed by atoms with Crippen LogP contribution >= 0.6 is 11.5 Å². The van der Waals surface area contributed by atoms with Crippen LogP contribution in [0.5, 0.6) is 0 Å². The van der Waals surface area contributed by atoms with Crippen molar-refractivity contribution in [3.8, 4) is 0 Å². The fourth-order valence-electron chi connectivity index (χ4n) is 1.88. The number of benzene rings is 1. The quantitative estimate of drug-likeness (QED) is 0.852. The number of carbonyl (C=O) groups excluding carboxylic acids is 1. The Bertz CT molecular complexity index is 583. The second-order valence-corrected chi connectivity index (χ2v) is 5.21. The molecule has 2 rings (SSSR count). The molecule has 0 spiro atoms. The highest BCUT2D eigenvalue weighted by Gasteiger charge is 2.15. The van der Waals surface area contributed by atoms with E-state index in [4.69, 9.17) is 5.11 Å². The van der Waals surface area contributed by atoms with Crippen LogP contribution in [0.2, 0.25) is 0 Å². The first kappa shape index (κ1) is 14.6. The molecule has 0 radical (unpaired) electrons. The predicted octanol–water partition coefficient (Wildman–Crippen LogP) is 1.91. The van der Waals surface area contributed by atoms with Crippen molar-refractivity contribution < 1.29 is 9.90 Å². The minimum absolute atomic E-state index is 0.00119. The summed E-state index contributed by atoms with van der Waals surface area (Å²) in [5.74, 6) is -0.141. The fraction of sp³-hybridized carbons (Fsp3) is 0.357. The maximum absolute atomic E-state index is 12.1. The zero-order valence-corrected chi connectivity index (χ0v) is 12.1. The third-order valence-corrected chi connectivity index (χ3v) is 3.64. The third kappa shape index (κ3) is 3.61. The van der Waals surface area contributed by atoms with Gasteiger partial charge in [-0.25, -0.2) is 0 Å². The largest absolute Gasteiger partial charge is 0.392 e. The van der Waals surface area contributed by atoms with Crippen LogP contribution in [0, 0.1) is 0 Å². The van der Waals surface area contributed by atoms with Gasteiger partial charge in [0.1, 0.15) is 4.88 Å². The lowest BCUT2D eigenvalue weighted by Gasteiger charge is -2.06. The highest BCUT2D eigenvalue weighted by Crippen LogP contribution is 2.13. The van der Waals surface area contributed by atoms with Gasteiger partial charge in [0.2, 0.25) is 0 Å². The second-order valence-electron chi connectivity index (χ2n) is 4.46. The molecule has 106 valence electrons. The third-order valence-electron chi connectivity index (χ3n) is 2.88. The highest BCUT2D eigenvalue weighted by atomic mass is 32.1. The number of amides is 1. The number of carbonyl (C=O) groups is 1. The van der Waals surface area contributed by atoms with Gasteiger partial charge in [0.25, 0.3) is 5.91 Å². The molecule has 20 heavy (non-hydrogen) atoms. The summed E-state index contributed by atoms with van der Waals surface area (Å²) in [7, 11) is 0. The molecule has 0 fully saturated rings. The van der Waals surface area contributed by atoms with Gasteiger partial charge in [-0.1, -0.05) is 42.1 Å². The first-order chi connectivity index (χ1) is 9.74. The molecule has 6 heteroatoms. The van der Waals surface area contributed by atoms with E-state index in [-0.39, 0.29) is 12.5 Å². The van der Waals surface area contributed by atoms with Gasteiger partial charge < -0.3 is 10.4 Å². The van der Waals surface area contributed by atoms with Gasteiger partial charge in [-0.05, 0) is 29.1 Å². The zero-order chi connectivity index (χ0) is 14.4. The molecule has 0 saturated heterocycles. The number of nitrogens with one attached hydrogen (secondary N) is 1. The summed E-state index contributed by atoms with van der Waals surface area (Å²) < 4.78 is 3.84. The number of aliphatic hydroxyl groups excluding tert-OH is 1. The summed E-state index contributed by atoms with van der Waals surface area (Å²) in [6.07, 6.45) is 1.70. The molecule has 1 heterocycles. The molecule has 2 aromatic rings. The average Bonchev–Trinajstić information content (AvgIpc) is 2.94. The fourth-order valence-corrected chi connectivity index (χ4v) is 2.51. The first-order valence-corrected chi connectivity index (χ1v) is 7.30. The van der Waals surface area contributed by atoms with Crippen LogP contribution in [0.3, 0.4) is 0 Å². The van der Waals surface area contributed by atoms with Crippen molar-refractivity contribution in [3.05, 3.63) is 46.0 Å². The van der Waals surface area contributed by atoms with E-state index in [0.29, 0.717) is 11.4 Å². The summed E-state index contributed by atoms with van der Waals surface area (Å²) in [5.41, 5.74) is 2.56. The van der Waals surface area contributed by atoms with Crippen LogP contribution in [0.15, 0.2) is 24.3 Å². The topological polar surface area (TPSA) is 75.1 Å². The van der Waals surface area contributed by atoms with Crippen LogP contribution in [0.4, 0.5) is 0 Å². The normalized spacial score (nSPS) is 10.5. The number of rotatable bonds is 6. The van der Waals surface area contributed by atoms with Gasteiger partial charge in [-0.2, -0.15) is 0 Å². The van der Waals surface area contributed by atoms with E-state index in [0.717, 1.165) is 41.2 Å². The molecule has 0 aliphatic carbocycles. The van der Waals surface area contributed by atoms with Gasteiger partial charge in [-0.3, -0.25) is 4.79 Å². The Morgan fingerprint density at radius 1 is 1.40 bits per heavy atom. The van der Waals surface area contributed by atoms with E-state index in [1.165, 1.54) is 0 Å². The average molecular weight is 291 g/mol. The summed E-state index contributed by atoms with van der Waals surface area (Å²) in [6, 6.07) is 7.50. The minimum Gasteiger partial charge on any atom is -0.392 e. The number of aromatic nitrogens is 2. The zero-order valence-electron chi connectivity index (χ0n) is 11.3. The van der Waals surface area contributed by atoms with Crippen molar-refractivity contribution in [2.45, 2.75) is 32.9 Å². The van der Waals surface area contributed by atoms with Crippen molar-refractivity contribution in [2.75, 3.05) is 0 Å². The van der Waals surface area contributed by atoms with Crippen molar-refractivity contribution in [2.24, 2.45) is 0 Å². The molecule has 5 nitrogen and oxygen atoms in total. The first-order valence-electron chi connectivity index (χ1n) is 6.52. The number of aliphatic hydroxyl groups is 1. The molecule has 0 atom stereocenters. The Balaban J connectivity index is 1.99. The van der Waals surface area contributed by atoms with Crippen LogP contribution in [0.25, 0.3) is 0 Å². The van der Waals surface area contributed by atoms with Gasteiger partial charge in [-0.15, -0.1) is 5.10 Å². The lowest BCUT2D eigenvalue weighted by atomic mass is 10.1. The maximum Gasteiger partial charge on any atom is 0.265 e. The lowest BCUT2D eigenvalue weighted by Crippen LogP contribution is -2.23. The number of hydrogen-bond acceptors (Lipinski definition) is 5. The molecule has 2 N–H and O–H groups in total. The Morgan fingerprint density at radius 2 is 2.20 bits per heavy atom. The van der Waals surface area contributed by atoms with Crippen LogP contribution in [0.1, 0.15) is 39.8 Å². The lowest BCUT2D eigenvalue weighted by molar-refractivity contribution is 0.0954. The van der Waals surface area contributed by atoms with Crippen LogP contribution < -0.4 is 5.32 Å². The van der Waals surface area contributed by atoms with Gasteiger partial charge in [0.15, 0.2) is 0 Å². The van der Waals surface area contributed by atoms with Crippen molar-refractivity contribution >= 4 is 17.4 Å². The Labute approximate surface area is 121 Å². The Hall–Kier alpha value is -1.79. The molecule has 0 unspecified atom stereocenters. The van der Waals surface area contributed by atoms with Crippen LogP contribution in [-0.2, 0) is 19.6 Å². The highest BCUT2D eigenvalue weighted by molar-refractivity contribution is 7.08. The number of hydrogen-bond donors (Lipinski definition) is 2. The van der Waals surface area contributed by atoms with Crippen molar-refractivity contribution in [3.63, 3.8) is 0 Å². The van der Waals surface area contributed by atoms with E-state index in [9.17, 15) is 4.79 Å². The molecule has 1 aromatic carbocycles. The van der Waals surface area contributed by atoms with Gasteiger partial charge in [0.05, 0.1) is 12.3 Å². The molecule has 1 amide bonds. The van der Waals surface area contributed by atoms with Crippen molar-refractivity contribution in [1.29, 1.82) is 0 Å². The van der Waals surface area contributed by atoms with E-state index in [2.05, 4.69) is 14.9 Å². The summed E-state index contributed by atoms with van der Waals surface area (Å²) in [4.78, 5) is 12.7. The van der Waals surface area contributed by atoms with Crippen LogP contribution in [-0.4, -0.2) is 20.6 Å². The molecule has 0 aliphatic rings. The summed E-state index contributed by atoms with van der Waals surface area (Å²) in [5, 5.41) is 15.9. The molecule has 0 aliphatic heterocycles. The number of nitrogens with zero attached hydrogens (tertiary/aromatic N) is 2. The van der Waals surface area contributed by atoms with Gasteiger partial charge >= 0.3 is 0 Å². The Morgan fingerprint density at radius 3 is 2.95 bits per heavy atom. The minimum atomic E-state index is -0.141. The molecule has 0 bridgehead atoms. The van der Waals surface area contributed by atoms with Gasteiger partial charge in [0, 0.05) is 6.54 Å². The predicted molar refractivity (Wildman–Crippen MR) is 77.4 cm³/mol.